The van der Waals surface area contributed by atoms with Crippen molar-refractivity contribution in [3.8, 4) is 11.4 Å². The number of esters is 1. The second-order valence-electron chi connectivity index (χ2n) is 27.9. The average Bonchev–Trinajstić information content (AvgIpc) is 1.55. The van der Waals surface area contributed by atoms with E-state index in [9.17, 15) is 43.2 Å². The number of aromatic nitrogens is 5. The van der Waals surface area contributed by atoms with Crippen LogP contribution in [-0.4, -0.2) is 209 Å². The van der Waals surface area contributed by atoms with Gasteiger partial charge in [0, 0.05) is 85.0 Å². The molecular formula is C81H116N8O21. The van der Waals surface area contributed by atoms with Crippen LogP contribution in [0.5, 0.6) is 0 Å². The molecule has 3 amide bonds. The van der Waals surface area contributed by atoms with E-state index in [1.165, 1.54) is 11.8 Å². The summed E-state index contributed by atoms with van der Waals surface area (Å²) in [5.41, 5.74) is 11.3. The molecule has 3 unspecified atom stereocenters. The maximum Gasteiger partial charge on any atom is 0.510 e. The molecule has 0 spiro atoms. The zero-order valence-corrected chi connectivity index (χ0v) is 64.4. The molecule has 29 nitrogen and oxygen atoms in total. The number of likely N-dealkylation sites (tertiary alicyclic amines) is 1. The zero-order valence-electron chi connectivity index (χ0n) is 64.4. The Bertz CT molecular complexity index is 3840. The number of fused-ring (bicyclic) bond motifs is 5. The second kappa shape index (κ2) is 47.3. The number of nitrogens with zero attached hydrogens (tertiary/aromatic N) is 6. The lowest BCUT2D eigenvalue weighted by Gasteiger charge is -2.35. The molecule has 5 aromatic rings. The summed E-state index contributed by atoms with van der Waals surface area (Å²) in [5, 5.41) is 12.4. The lowest BCUT2D eigenvalue weighted by molar-refractivity contribution is -0.175. The first kappa shape index (κ1) is 89.1. The molecular weight excluding hydrogens is 1420 g/mol. The summed E-state index contributed by atoms with van der Waals surface area (Å²) < 4.78 is 69.2. The smallest absolute Gasteiger partial charge is 0.457 e. The molecule has 1 saturated heterocycles. The molecule has 1 saturated carbocycles. The van der Waals surface area contributed by atoms with Crippen LogP contribution in [-0.2, 0) is 135 Å². The summed E-state index contributed by atoms with van der Waals surface area (Å²) in [6.45, 7) is 20.0. The molecule has 110 heavy (non-hydrogen) atoms. The van der Waals surface area contributed by atoms with Crippen molar-refractivity contribution in [2.24, 2.45) is 29.4 Å². The number of pyridine rings is 2. The van der Waals surface area contributed by atoms with Crippen LogP contribution in [0.15, 0.2) is 59.5 Å². The molecule has 6 heterocycles. The number of anilines is 1. The van der Waals surface area contributed by atoms with Gasteiger partial charge in [0.15, 0.2) is 11.6 Å². The number of nitrogens with two attached hydrogens (primary N) is 1. The molecule has 3 atom stereocenters. The average molecular weight is 1540 g/mol. The third kappa shape index (κ3) is 27.1. The van der Waals surface area contributed by atoms with Crippen LogP contribution >= 0.6 is 0 Å². The molecule has 29 heteroatoms. The monoisotopic (exact) mass is 1540 g/mol. The fourth-order valence-corrected chi connectivity index (χ4v) is 13.7. The van der Waals surface area contributed by atoms with Gasteiger partial charge in [0.1, 0.15) is 32.2 Å². The van der Waals surface area contributed by atoms with Crippen LogP contribution in [0.3, 0.4) is 0 Å². The lowest BCUT2D eigenvalue weighted by atomic mass is 9.79. The Morgan fingerprint density at radius 3 is 1.94 bits per heavy atom. The van der Waals surface area contributed by atoms with Crippen molar-refractivity contribution in [2.75, 3.05) is 137 Å². The minimum Gasteiger partial charge on any atom is -0.457 e. The second-order valence-corrected chi connectivity index (χ2v) is 27.9. The van der Waals surface area contributed by atoms with Crippen LogP contribution in [0, 0.1) is 30.6 Å². The Morgan fingerprint density at radius 2 is 1.35 bits per heavy atom. The van der Waals surface area contributed by atoms with Crippen molar-refractivity contribution in [1.82, 2.24) is 29.4 Å². The van der Waals surface area contributed by atoms with Crippen molar-refractivity contribution in [3.63, 3.8) is 0 Å². The lowest BCUT2D eigenvalue weighted by Crippen LogP contribution is -2.47. The first-order valence-electron chi connectivity index (χ1n) is 38.7. The molecule has 3 aromatic heterocycles. The fourth-order valence-electron chi connectivity index (χ4n) is 13.7. The third-order valence-electron chi connectivity index (χ3n) is 19.8. The van der Waals surface area contributed by atoms with Gasteiger partial charge in [-0.1, -0.05) is 70.5 Å². The summed E-state index contributed by atoms with van der Waals surface area (Å²) in [6.07, 6.45) is 10.5. The Kier molecular flexibility index (Phi) is 38.3. The van der Waals surface area contributed by atoms with E-state index in [1.54, 1.807) is 53.4 Å². The molecule has 9 rings (SSSR count). The summed E-state index contributed by atoms with van der Waals surface area (Å²) >= 11 is 0. The van der Waals surface area contributed by atoms with Crippen molar-refractivity contribution >= 4 is 63.8 Å². The number of rotatable bonds is 50. The molecule has 606 valence electrons. The van der Waals surface area contributed by atoms with Gasteiger partial charge in [-0.25, -0.2) is 19.3 Å². The SMILES string of the molecule is C.CC(=O)COCC(=O)CCCOCCOCCOCCOCCOCCOCCOCCOCCn1cc(CCC(=O)C2CCC(CN3C(=O)CC(C)C3=O)CC2)nn1.CCc1c2c(nc3ccc(C)cc13)-c1cc3c(c(=O)n1C2)COC(=O)C3(CC)OC(=O)OCc1ccc(NC(=O)C(CC)CCCCN)cc1. The third-order valence-corrected chi connectivity index (χ3v) is 19.8. The van der Waals surface area contributed by atoms with E-state index in [-0.39, 0.29) is 116 Å². The maximum absolute atomic E-state index is 14.0. The first-order valence-corrected chi connectivity index (χ1v) is 38.7. The predicted octanol–water partition coefficient (Wildman–Crippen LogP) is 9.11. The van der Waals surface area contributed by atoms with Crippen LogP contribution in [0.25, 0.3) is 22.3 Å². The number of benzene rings is 2. The standard InChI is InChI=1S/C41H68N4O14.C39H44N4O7.CH4/c1-33-28-40(49)45(41(33)50)29-35-5-7-36(8-6-35)39(48)10-9-37-30-44(43-42-37)11-13-52-15-17-54-19-21-56-23-25-58-27-26-57-24-22-55-20-18-53-16-14-51-12-3-4-38(47)32-59-31-34(2)46;1-5-25(10-8-9-17-40)35(44)41-26-14-12-24(13-15-26)21-49-38(47)50-39(7-3)31-19-33-34-29(20-43(33)36(45)30(31)22-48-37(39)46)27(6-2)28-18-23(4)11-16-32(28)42-34;/h30,33,35-36H,3-29,31-32H2,1-2H3;11-16,18-19,25H,5-10,17,20-22,40H2,1-4H3,(H,41,44);1H4. The van der Waals surface area contributed by atoms with E-state index >= 15 is 0 Å². The summed E-state index contributed by atoms with van der Waals surface area (Å²) in [4.78, 5) is 119. The van der Waals surface area contributed by atoms with Crippen LogP contribution in [0.2, 0.25) is 0 Å². The van der Waals surface area contributed by atoms with Gasteiger partial charge in [-0.3, -0.25) is 38.5 Å². The number of amides is 3. The Morgan fingerprint density at radius 1 is 0.727 bits per heavy atom. The van der Waals surface area contributed by atoms with Crippen LogP contribution < -0.4 is 16.6 Å². The number of nitrogens with one attached hydrogen (secondary N) is 1. The minimum atomic E-state index is -1.88. The van der Waals surface area contributed by atoms with Crippen LogP contribution in [0.4, 0.5) is 10.5 Å². The first-order chi connectivity index (χ1) is 52.9. The Labute approximate surface area is 645 Å². The van der Waals surface area contributed by atoms with E-state index in [0.717, 1.165) is 91.1 Å². The quantitative estimate of drug-likeness (QED) is 0.0204. The molecule has 4 aliphatic rings. The van der Waals surface area contributed by atoms with Gasteiger partial charge in [-0.2, -0.15) is 0 Å². The molecule has 2 aromatic carbocycles. The highest BCUT2D eigenvalue weighted by Crippen LogP contribution is 2.43. The number of Topliss-reactive ketones (excluding diaryl/α,β-unsaturated/α-hetero) is 3. The van der Waals surface area contributed by atoms with Gasteiger partial charge in [0.05, 0.1) is 140 Å². The number of hydrogen-bond acceptors (Lipinski definition) is 25. The van der Waals surface area contributed by atoms with E-state index in [4.69, 9.17) is 67.6 Å². The summed E-state index contributed by atoms with van der Waals surface area (Å²) in [7, 11) is 0. The van der Waals surface area contributed by atoms with E-state index in [0.29, 0.717) is 187 Å². The number of carbonyl (C=O) groups excluding carboxylic acids is 8. The summed E-state index contributed by atoms with van der Waals surface area (Å²) in [6, 6.07) is 14.8. The van der Waals surface area contributed by atoms with Gasteiger partial charge >= 0.3 is 12.1 Å². The number of aryl methyl sites for hydroxylation is 3. The van der Waals surface area contributed by atoms with Gasteiger partial charge in [0.2, 0.25) is 23.3 Å². The largest absolute Gasteiger partial charge is 0.510 e. The number of imide groups is 1. The molecule has 2 fully saturated rings. The van der Waals surface area contributed by atoms with Gasteiger partial charge in [-0.05, 0) is 132 Å². The van der Waals surface area contributed by atoms with Gasteiger partial charge in [0.25, 0.3) is 5.56 Å². The van der Waals surface area contributed by atoms with Crippen molar-refractivity contribution < 1.29 is 95.2 Å². The molecule has 3 aliphatic heterocycles. The number of ether oxygens (including phenoxy) is 12. The Balaban J connectivity index is 0.000000306. The number of carbonyl (C=O) groups is 8. The minimum absolute atomic E-state index is 0. The Hall–Kier alpha value is -8.10. The molecule has 0 bridgehead atoms. The highest BCUT2D eigenvalue weighted by atomic mass is 16.7. The highest BCUT2D eigenvalue weighted by Gasteiger charge is 2.51. The fraction of sp³-hybridized carbons (Fsp3) is 0.630. The van der Waals surface area contributed by atoms with E-state index in [1.807, 2.05) is 32.2 Å². The number of ketones is 3. The van der Waals surface area contributed by atoms with Gasteiger partial charge < -0.3 is 72.5 Å². The van der Waals surface area contributed by atoms with Crippen LogP contribution in [0.1, 0.15) is 165 Å². The maximum atomic E-state index is 14.0. The van der Waals surface area contributed by atoms with Crippen molar-refractivity contribution in [2.45, 2.75) is 177 Å². The number of unbranched alkanes of at least 4 members (excludes halogenated alkanes) is 1. The van der Waals surface area contributed by atoms with E-state index < -0.39 is 17.7 Å². The van der Waals surface area contributed by atoms with Crippen molar-refractivity contribution in [1.29, 1.82) is 0 Å². The normalized spacial score (nSPS) is 17.4. The molecule has 3 N–H and O–H groups in total. The zero-order chi connectivity index (χ0) is 77.9. The predicted molar refractivity (Wildman–Crippen MR) is 408 cm³/mol. The van der Waals surface area contributed by atoms with Gasteiger partial charge in [-0.15, -0.1) is 5.10 Å². The van der Waals surface area contributed by atoms with Crippen molar-refractivity contribution in [3.05, 3.63) is 104 Å². The summed E-state index contributed by atoms with van der Waals surface area (Å²) in [5.74, 6) is -0.824. The topological polar surface area (TPSA) is 354 Å². The van der Waals surface area contributed by atoms with E-state index in [2.05, 4.69) is 28.6 Å². The molecule has 1 aliphatic carbocycles. The highest BCUT2D eigenvalue weighted by molar-refractivity contribution is 6.03. The number of hydrogen-bond donors (Lipinski definition) is 2. The molecule has 0 radical (unpaired) electrons. The number of cyclic esters (lactones) is 1.